The quantitative estimate of drug-likeness (QED) is 0.798. The summed E-state index contributed by atoms with van der Waals surface area (Å²) < 4.78 is 1.89. The normalized spacial score (nSPS) is 25.4. The SMILES string of the molecule is CN(c1ncnc2c1cnn2-c1ccccc1)C1CC2CCC(C1)N2. The lowest BCUT2D eigenvalue weighted by atomic mass is 9.98. The van der Waals surface area contributed by atoms with Gasteiger partial charge in [0.1, 0.15) is 12.1 Å². The van der Waals surface area contributed by atoms with Crippen LogP contribution in [0.4, 0.5) is 5.82 Å². The molecule has 0 saturated carbocycles. The van der Waals surface area contributed by atoms with Crippen molar-refractivity contribution in [2.45, 2.75) is 43.8 Å². The van der Waals surface area contributed by atoms with E-state index in [4.69, 9.17) is 0 Å². The summed E-state index contributed by atoms with van der Waals surface area (Å²) in [7, 11) is 2.16. The molecule has 2 aromatic heterocycles. The van der Waals surface area contributed by atoms with E-state index in [1.165, 1.54) is 25.7 Å². The van der Waals surface area contributed by atoms with Crippen molar-refractivity contribution in [1.82, 2.24) is 25.1 Å². The Morgan fingerprint density at radius 3 is 2.60 bits per heavy atom. The fraction of sp³-hybridized carbons (Fsp3) is 0.421. The van der Waals surface area contributed by atoms with Crippen molar-refractivity contribution >= 4 is 16.9 Å². The van der Waals surface area contributed by atoms with Gasteiger partial charge in [-0.1, -0.05) is 18.2 Å². The maximum atomic E-state index is 4.60. The lowest BCUT2D eigenvalue weighted by Crippen LogP contribution is -2.47. The Labute approximate surface area is 146 Å². The number of piperidine rings is 1. The Balaban J connectivity index is 1.53. The minimum absolute atomic E-state index is 0.525. The predicted molar refractivity (Wildman–Crippen MR) is 98.0 cm³/mol. The Morgan fingerprint density at radius 2 is 1.84 bits per heavy atom. The molecule has 2 fully saturated rings. The Hall–Kier alpha value is -2.47. The minimum Gasteiger partial charge on any atom is -0.356 e. The standard InChI is InChI=1S/C19H22N6/c1-24(16-9-13-7-8-14(10-16)23-13)18-17-11-22-25(19(17)21-12-20-18)15-5-3-2-4-6-15/h2-6,11-14,16,23H,7-10H2,1H3. The summed E-state index contributed by atoms with van der Waals surface area (Å²) in [6.07, 6.45) is 8.53. The van der Waals surface area contributed by atoms with Gasteiger partial charge >= 0.3 is 0 Å². The largest absolute Gasteiger partial charge is 0.356 e. The zero-order valence-corrected chi connectivity index (χ0v) is 14.3. The topological polar surface area (TPSA) is 58.9 Å². The molecule has 0 amide bonds. The summed E-state index contributed by atoms with van der Waals surface area (Å²) in [4.78, 5) is 11.4. The molecule has 128 valence electrons. The molecule has 0 radical (unpaired) electrons. The van der Waals surface area contributed by atoms with Gasteiger partial charge in [-0.2, -0.15) is 5.10 Å². The van der Waals surface area contributed by atoms with E-state index in [9.17, 15) is 0 Å². The van der Waals surface area contributed by atoms with E-state index < -0.39 is 0 Å². The summed E-state index contributed by atoms with van der Waals surface area (Å²) in [6.45, 7) is 0. The Morgan fingerprint density at radius 1 is 1.08 bits per heavy atom. The average molecular weight is 334 g/mol. The summed E-state index contributed by atoms with van der Waals surface area (Å²) >= 11 is 0. The zero-order chi connectivity index (χ0) is 16.8. The van der Waals surface area contributed by atoms with Gasteiger partial charge in [-0.3, -0.25) is 0 Å². The first-order valence-corrected chi connectivity index (χ1v) is 9.02. The minimum atomic E-state index is 0.525. The summed E-state index contributed by atoms with van der Waals surface area (Å²) in [5.41, 5.74) is 1.88. The third-order valence-corrected chi connectivity index (χ3v) is 5.68. The molecule has 3 aromatic rings. The molecule has 1 N–H and O–H groups in total. The molecule has 0 spiro atoms. The molecule has 2 unspecified atom stereocenters. The van der Waals surface area contributed by atoms with Crippen molar-refractivity contribution in [2.24, 2.45) is 0 Å². The molecule has 6 heteroatoms. The van der Waals surface area contributed by atoms with E-state index >= 15 is 0 Å². The number of anilines is 1. The van der Waals surface area contributed by atoms with Crippen LogP contribution in [-0.2, 0) is 0 Å². The number of hydrogen-bond donors (Lipinski definition) is 1. The summed E-state index contributed by atoms with van der Waals surface area (Å²) in [6, 6.07) is 12.0. The van der Waals surface area contributed by atoms with Crippen molar-refractivity contribution in [1.29, 1.82) is 0 Å². The Kier molecular flexibility index (Phi) is 3.45. The molecule has 2 aliphatic heterocycles. The first kappa shape index (κ1) is 14.8. The third kappa shape index (κ3) is 2.48. The number of rotatable bonds is 3. The van der Waals surface area contributed by atoms with E-state index in [0.29, 0.717) is 18.1 Å². The fourth-order valence-electron chi connectivity index (χ4n) is 4.39. The van der Waals surface area contributed by atoms with Gasteiger partial charge in [0, 0.05) is 25.2 Å². The van der Waals surface area contributed by atoms with Crippen LogP contribution >= 0.6 is 0 Å². The van der Waals surface area contributed by atoms with Crippen LogP contribution in [-0.4, -0.2) is 44.9 Å². The zero-order valence-electron chi connectivity index (χ0n) is 14.3. The number of para-hydroxylation sites is 1. The van der Waals surface area contributed by atoms with Gasteiger partial charge in [0.05, 0.1) is 17.3 Å². The molecule has 4 heterocycles. The van der Waals surface area contributed by atoms with Crippen LogP contribution in [0.2, 0.25) is 0 Å². The second-order valence-corrected chi connectivity index (χ2v) is 7.20. The number of nitrogens with zero attached hydrogens (tertiary/aromatic N) is 5. The molecule has 2 bridgehead atoms. The first-order chi connectivity index (χ1) is 12.3. The van der Waals surface area contributed by atoms with E-state index in [1.807, 2.05) is 41.2 Å². The predicted octanol–water partition coefficient (Wildman–Crippen LogP) is 2.53. The number of nitrogens with one attached hydrogen (secondary N) is 1. The van der Waals surface area contributed by atoms with Crippen molar-refractivity contribution in [2.75, 3.05) is 11.9 Å². The highest BCUT2D eigenvalue weighted by Gasteiger charge is 2.35. The molecule has 1 aromatic carbocycles. The molecular weight excluding hydrogens is 312 g/mol. The molecule has 6 nitrogen and oxygen atoms in total. The number of hydrogen-bond acceptors (Lipinski definition) is 5. The van der Waals surface area contributed by atoms with Crippen LogP contribution in [0.5, 0.6) is 0 Å². The molecular formula is C19H22N6. The van der Waals surface area contributed by atoms with Crippen LogP contribution in [0.1, 0.15) is 25.7 Å². The molecule has 25 heavy (non-hydrogen) atoms. The first-order valence-electron chi connectivity index (χ1n) is 9.02. The van der Waals surface area contributed by atoms with Crippen molar-refractivity contribution < 1.29 is 0 Å². The van der Waals surface area contributed by atoms with Crippen molar-refractivity contribution in [3.63, 3.8) is 0 Å². The van der Waals surface area contributed by atoms with E-state index in [2.05, 4.69) is 32.3 Å². The monoisotopic (exact) mass is 334 g/mol. The number of fused-ring (bicyclic) bond motifs is 3. The van der Waals surface area contributed by atoms with E-state index in [0.717, 1.165) is 22.5 Å². The second kappa shape index (κ2) is 5.81. The van der Waals surface area contributed by atoms with Crippen LogP contribution in [0.15, 0.2) is 42.9 Å². The smallest absolute Gasteiger partial charge is 0.168 e. The lowest BCUT2D eigenvalue weighted by Gasteiger charge is -2.36. The average Bonchev–Trinajstić information content (AvgIpc) is 3.24. The maximum Gasteiger partial charge on any atom is 0.168 e. The highest BCUT2D eigenvalue weighted by molar-refractivity contribution is 5.87. The van der Waals surface area contributed by atoms with Crippen molar-refractivity contribution in [3.05, 3.63) is 42.9 Å². The van der Waals surface area contributed by atoms with E-state index in [1.54, 1.807) is 6.33 Å². The summed E-state index contributed by atoms with van der Waals surface area (Å²) in [5.74, 6) is 0.985. The van der Waals surface area contributed by atoms with Gasteiger partial charge in [0.25, 0.3) is 0 Å². The highest BCUT2D eigenvalue weighted by Crippen LogP contribution is 2.33. The van der Waals surface area contributed by atoms with Gasteiger partial charge in [-0.05, 0) is 37.8 Å². The van der Waals surface area contributed by atoms with Gasteiger partial charge in [0.2, 0.25) is 0 Å². The summed E-state index contributed by atoms with van der Waals surface area (Å²) in [5, 5.41) is 9.30. The van der Waals surface area contributed by atoms with E-state index in [-0.39, 0.29) is 0 Å². The third-order valence-electron chi connectivity index (χ3n) is 5.68. The molecule has 2 atom stereocenters. The van der Waals surface area contributed by atoms with Crippen LogP contribution < -0.4 is 10.2 Å². The molecule has 2 saturated heterocycles. The molecule has 2 aliphatic rings. The highest BCUT2D eigenvalue weighted by atomic mass is 15.3. The maximum absolute atomic E-state index is 4.60. The van der Waals surface area contributed by atoms with Gasteiger partial charge in [-0.25, -0.2) is 14.6 Å². The Bertz CT molecular complexity index is 877. The van der Waals surface area contributed by atoms with Crippen molar-refractivity contribution in [3.8, 4) is 5.69 Å². The second-order valence-electron chi connectivity index (χ2n) is 7.20. The van der Waals surface area contributed by atoms with Gasteiger partial charge < -0.3 is 10.2 Å². The van der Waals surface area contributed by atoms with Crippen LogP contribution in [0, 0.1) is 0 Å². The van der Waals surface area contributed by atoms with Crippen LogP contribution in [0.25, 0.3) is 16.7 Å². The molecule has 5 rings (SSSR count). The molecule has 0 aliphatic carbocycles. The van der Waals surface area contributed by atoms with Gasteiger partial charge in [0.15, 0.2) is 5.65 Å². The number of benzene rings is 1. The van der Waals surface area contributed by atoms with Gasteiger partial charge in [-0.15, -0.1) is 0 Å². The fourth-order valence-corrected chi connectivity index (χ4v) is 4.39. The lowest BCUT2D eigenvalue weighted by molar-refractivity contribution is 0.354. The van der Waals surface area contributed by atoms with Crippen LogP contribution in [0.3, 0.4) is 0 Å². The number of aromatic nitrogens is 4.